The van der Waals surface area contributed by atoms with Crippen LogP contribution in [-0.2, 0) is 4.74 Å². The molecule has 0 amide bonds. The Kier molecular flexibility index (Phi) is 10.3. The van der Waals surface area contributed by atoms with Crippen LogP contribution in [0.15, 0.2) is 11.8 Å². The molecule has 0 radical (unpaired) electrons. The SMILES string of the molecule is CCCCCC(=COC)CCCCC. The van der Waals surface area contributed by atoms with Gasteiger partial charge in [0.25, 0.3) is 0 Å². The van der Waals surface area contributed by atoms with Crippen LogP contribution in [0.4, 0.5) is 0 Å². The van der Waals surface area contributed by atoms with E-state index in [1.807, 2.05) is 6.26 Å². The molecule has 0 bridgehead atoms. The standard InChI is InChI=1S/C13H26O/c1-4-6-8-10-13(12-14-3)11-9-7-5-2/h12H,4-11H2,1-3H3. The van der Waals surface area contributed by atoms with Gasteiger partial charge in [-0.05, 0) is 31.3 Å². The lowest BCUT2D eigenvalue weighted by molar-refractivity contribution is 0.330. The number of methoxy groups -OCH3 is 1. The summed E-state index contributed by atoms with van der Waals surface area (Å²) in [6.45, 7) is 4.49. The molecule has 0 saturated heterocycles. The minimum absolute atomic E-state index is 1.23. The van der Waals surface area contributed by atoms with Gasteiger partial charge in [-0.15, -0.1) is 0 Å². The second-order valence-corrected chi connectivity index (χ2v) is 3.93. The molecule has 0 heterocycles. The topological polar surface area (TPSA) is 9.23 Å². The lowest BCUT2D eigenvalue weighted by Crippen LogP contribution is -1.87. The molecule has 1 nitrogen and oxygen atoms in total. The summed E-state index contributed by atoms with van der Waals surface area (Å²) < 4.78 is 5.10. The Morgan fingerprint density at radius 1 is 0.929 bits per heavy atom. The molecule has 14 heavy (non-hydrogen) atoms. The summed E-state index contributed by atoms with van der Waals surface area (Å²) in [4.78, 5) is 0. The second-order valence-electron chi connectivity index (χ2n) is 3.93. The molecule has 0 aliphatic rings. The number of rotatable bonds is 9. The van der Waals surface area contributed by atoms with Gasteiger partial charge in [-0.2, -0.15) is 0 Å². The predicted octanol–water partition coefficient (Wildman–Crippen LogP) is 4.68. The summed E-state index contributed by atoms with van der Waals surface area (Å²) >= 11 is 0. The maximum Gasteiger partial charge on any atom is 0.0816 e. The first-order valence-corrected chi connectivity index (χ1v) is 6.05. The van der Waals surface area contributed by atoms with Crippen molar-refractivity contribution in [1.82, 2.24) is 0 Å². The van der Waals surface area contributed by atoms with Gasteiger partial charge in [0.15, 0.2) is 0 Å². The maximum absolute atomic E-state index is 5.10. The monoisotopic (exact) mass is 198 g/mol. The molecule has 0 rings (SSSR count). The van der Waals surface area contributed by atoms with E-state index >= 15 is 0 Å². The quantitative estimate of drug-likeness (QED) is 0.386. The van der Waals surface area contributed by atoms with Crippen molar-refractivity contribution in [3.63, 3.8) is 0 Å². The molecule has 0 aromatic heterocycles. The highest BCUT2D eigenvalue weighted by molar-refractivity contribution is 4.97. The molecular weight excluding hydrogens is 172 g/mol. The van der Waals surface area contributed by atoms with E-state index in [9.17, 15) is 0 Å². The Balaban J connectivity index is 3.61. The molecule has 0 saturated carbocycles. The van der Waals surface area contributed by atoms with Gasteiger partial charge in [-0.3, -0.25) is 0 Å². The molecular formula is C13H26O. The van der Waals surface area contributed by atoms with Crippen LogP contribution in [0, 0.1) is 0 Å². The number of hydrogen-bond donors (Lipinski definition) is 0. The fourth-order valence-corrected chi connectivity index (χ4v) is 1.61. The summed E-state index contributed by atoms with van der Waals surface area (Å²) in [6.07, 6.45) is 12.3. The van der Waals surface area contributed by atoms with Crippen LogP contribution in [0.3, 0.4) is 0 Å². The van der Waals surface area contributed by atoms with Crippen molar-refractivity contribution in [2.45, 2.75) is 65.2 Å². The Morgan fingerprint density at radius 3 is 1.79 bits per heavy atom. The van der Waals surface area contributed by atoms with Crippen molar-refractivity contribution in [3.05, 3.63) is 11.8 Å². The van der Waals surface area contributed by atoms with Crippen molar-refractivity contribution in [2.75, 3.05) is 7.11 Å². The van der Waals surface area contributed by atoms with Crippen LogP contribution in [0.25, 0.3) is 0 Å². The molecule has 0 N–H and O–H groups in total. The van der Waals surface area contributed by atoms with Gasteiger partial charge in [-0.25, -0.2) is 0 Å². The minimum Gasteiger partial charge on any atom is -0.504 e. The van der Waals surface area contributed by atoms with Gasteiger partial charge >= 0.3 is 0 Å². The Morgan fingerprint density at radius 2 is 1.43 bits per heavy atom. The van der Waals surface area contributed by atoms with Crippen LogP contribution in [0.2, 0.25) is 0 Å². The fraction of sp³-hybridized carbons (Fsp3) is 0.846. The Bertz CT molecular complexity index is 126. The molecule has 0 aromatic rings. The third-order valence-electron chi connectivity index (χ3n) is 2.49. The number of hydrogen-bond acceptors (Lipinski definition) is 1. The van der Waals surface area contributed by atoms with Crippen LogP contribution in [0.5, 0.6) is 0 Å². The highest BCUT2D eigenvalue weighted by Gasteiger charge is 1.98. The average molecular weight is 198 g/mol. The molecule has 84 valence electrons. The maximum atomic E-state index is 5.10. The highest BCUT2D eigenvalue weighted by atomic mass is 16.5. The van der Waals surface area contributed by atoms with Gasteiger partial charge in [0.1, 0.15) is 0 Å². The number of unbranched alkanes of at least 4 members (excludes halogenated alkanes) is 4. The van der Waals surface area contributed by atoms with E-state index in [1.54, 1.807) is 7.11 Å². The Hall–Kier alpha value is -0.460. The number of allylic oxidation sites excluding steroid dienone is 1. The van der Waals surface area contributed by atoms with E-state index in [-0.39, 0.29) is 0 Å². The summed E-state index contributed by atoms with van der Waals surface area (Å²) in [6, 6.07) is 0. The summed E-state index contributed by atoms with van der Waals surface area (Å²) in [5, 5.41) is 0. The first kappa shape index (κ1) is 13.5. The van der Waals surface area contributed by atoms with Gasteiger partial charge in [0, 0.05) is 0 Å². The summed E-state index contributed by atoms with van der Waals surface area (Å²) in [5.74, 6) is 0. The van der Waals surface area contributed by atoms with Crippen LogP contribution in [-0.4, -0.2) is 7.11 Å². The van der Waals surface area contributed by atoms with Crippen molar-refractivity contribution < 1.29 is 4.74 Å². The largest absolute Gasteiger partial charge is 0.504 e. The first-order chi connectivity index (χ1) is 6.85. The van der Waals surface area contributed by atoms with E-state index in [0.29, 0.717) is 0 Å². The van der Waals surface area contributed by atoms with E-state index in [2.05, 4.69) is 13.8 Å². The molecule has 0 aromatic carbocycles. The third-order valence-corrected chi connectivity index (χ3v) is 2.49. The lowest BCUT2D eigenvalue weighted by atomic mass is 10.0. The molecule has 0 unspecified atom stereocenters. The van der Waals surface area contributed by atoms with Crippen LogP contribution in [0.1, 0.15) is 65.2 Å². The first-order valence-electron chi connectivity index (χ1n) is 6.05. The average Bonchev–Trinajstić information content (AvgIpc) is 2.18. The minimum atomic E-state index is 1.23. The Labute approximate surface area is 89.5 Å². The third kappa shape index (κ3) is 8.15. The predicted molar refractivity (Wildman–Crippen MR) is 63.4 cm³/mol. The molecule has 0 aliphatic heterocycles. The van der Waals surface area contributed by atoms with Crippen LogP contribution < -0.4 is 0 Å². The van der Waals surface area contributed by atoms with Gasteiger partial charge in [-0.1, -0.05) is 39.5 Å². The van der Waals surface area contributed by atoms with Gasteiger partial charge in [0.05, 0.1) is 13.4 Å². The van der Waals surface area contributed by atoms with Gasteiger partial charge < -0.3 is 4.74 Å². The molecule has 0 spiro atoms. The van der Waals surface area contributed by atoms with Crippen molar-refractivity contribution in [3.8, 4) is 0 Å². The fourth-order valence-electron chi connectivity index (χ4n) is 1.61. The molecule has 0 aliphatic carbocycles. The lowest BCUT2D eigenvalue weighted by Gasteiger charge is -2.06. The van der Waals surface area contributed by atoms with E-state index in [0.717, 1.165) is 0 Å². The second kappa shape index (κ2) is 10.6. The van der Waals surface area contributed by atoms with Crippen molar-refractivity contribution in [2.24, 2.45) is 0 Å². The smallest absolute Gasteiger partial charge is 0.0816 e. The van der Waals surface area contributed by atoms with Crippen molar-refractivity contribution >= 4 is 0 Å². The van der Waals surface area contributed by atoms with Gasteiger partial charge in [0.2, 0.25) is 0 Å². The highest BCUT2D eigenvalue weighted by Crippen LogP contribution is 2.16. The van der Waals surface area contributed by atoms with E-state index in [4.69, 9.17) is 4.74 Å². The van der Waals surface area contributed by atoms with Crippen molar-refractivity contribution in [1.29, 1.82) is 0 Å². The van der Waals surface area contributed by atoms with E-state index < -0.39 is 0 Å². The zero-order chi connectivity index (χ0) is 10.6. The number of ether oxygens (including phenoxy) is 1. The summed E-state index contributed by atoms with van der Waals surface area (Å²) in [5.41, 5.74) is 1.49. The molecule has 0 atom stereocenters. The van der Waals surface area contributed by atoms with Crippen LogP contribution >= 0.6 is 0 Å². The normalized spacial score (nSPS) is 9.93. The zero-order valence-electron chi connectivity index (χ0n) is 10.1. The molecule has 0 fully saturated rings. The zero-order valence-corrected chi connectivity index (χ0v) is 10.1. The molecule has 1 heteroatoms. The van der Waals surface area contributed by atoms with E-state index in [1.165, 1.54) is 56.9 Å². The summed E-state index contributed by atoms with van der Waals surface area (Å²) in [7, 11) is 1.75.